The standard InChI is InChI=1S/C12H10O/c1-3-9-7-10-5-4-8(2)6-11(10)12(9)13/h3-7H,1H2,2H3. The second-order valence-corrected chi connectivity index (χ2v) is 3.22. The summed E-state index contributed by atoms with van der Waals surface area (Å²) in [4.78, 5) is 11.6. The first-order chi connectivity index (χ1) is 6.22. The van der Waals surface area contributed by atoms with E-state index in [0.717, 1.165) is 16.7 Å². The summed E-state index contributed by atoms with van der Waals surface area (Å²) in [5.41, 5.74) is 3.62. The van der Waals surface area contributed by atoms with Crippen LogP contribution in [0.2, 0.25) is 0 Å². The minimum Gasteiger partial charge on any atom is -0.289 e. The normalized spacial score (nSPS) is 13.9. The number of allylic oxidation sites excluding steroid dienone is 2. The molecule has 0 amide bonds. The zero-order valence-corrected chi connectivity index (χ0v) is 7.50. The highest BCUT2D eigenvalue weighted by molar-refractivity contribution is 6.19. The number of benzene rings is 1. The lowest BCUT2D eigenvalue weighted by Crippen LogP contribution is -1.96. The second-order valence-electron chi connectivity index (χ2n) is 3.22. The van der Waals surface area contributed by atoms with Crippen molar-refractivity contribution in [3.63, 3.8) is 0 Å². The molecule has 0 aliphatic heterocycles. The van der Waals surface area contributed by atoms with Gasteiger partial charge in [0.2, 0.25) is 0 Å². The summed E-state index contributed by atoms with van der Waals surface area (Å²) < 4.78 is 0. The molecule has 0 unspecified atom stereocenters. The van der Waals surface area contributed by atoms with Crippen LogP contribution in [0.4, 0.5) is 0 Å². The predicted octanol–water partition coefficient (Wildman–Crippen LogP) is 2.76. The zero-order valence-electron chi connectivity index (χ0n) is 7.50. The minimum atomic E-state index is 0.0914. The number of Topliss-reactive ketones (excluding diaryl/α,β-unsaturated/α-hetero) is 1. The Morgan fingerprint density at radius 1 is 1.38 bits per heavy atom. The number of hydrogen-bond donors (Lipinski definition) is 0. The fraction of sp³-hybridized carbons (Fsp3) is 0.0833. The summed E-state index contributed by atoms with van der Waals surface area (Å²) in [5.74, 6) is 0.0914. The Hall–Kier alpha value is -1.63. The molecule has 1 aromatic rings. The van der Waals surface area contributed by atoms with Crippen LogP contribution in [0.25, 0.3) is 6.08 Å². The van der Waals surface area contributed by atoms with Gasteiger partial charge in [0.05, 0.1) is 0 Å². The van der Waals surface area contributed by atoms with Gasteiger partial charge in [-0.05, 0) is 24.6 Å². The van der Waals surface area contributed by atoms with E-state index in [1.807, 2.05) is 31.2 Å². The summed E-state index contributed by atoms with van der Waals surface area (Å²) in [6, 6.07) is 5.90. The number of aryl methyl sites for hydroxylation is 1. The molecule has 0 bridgehead atoms. The maximum atomic E-state index is 11.6. The van der Waals surface area contributed by atoms with Gasteiger partial charge in [-0.3, -0.25) is 4.79 Å². The van der Waals surface area contributed by atoms with Gasteiger partial charge in [0.15, 0.2) is 5.78 Å². The van der Waals surface area contributed by atoms with Crippen molar-refractivity contribution in [1.29, 1.82) is 0 Å². The molecular formula is C12H10O. The van der Waals surface area contributed by atoms with Crippen molar-refractivity contribution in [2.24, 2.45) is 0 Å². The highest BCUT2D eigenvalue weighted by atomic mass is 16.1. The van der Waals surface area contributed by atoms with E-state index < -0.39 is 0 Å². The van der Waals surface area contributed by atoms with E-state index in [4.69, 9.17) is 0 Å². The number of hydrogen-bond acceptors (Lipinski definition) is 1. The Balaban J connectivity index is 2.60. The zero-order chi connectivity index (χ0) is 9.42. The van der Waals surface area contributed by atoms with Crippen LogP contribution in [0.1, 0.15) is 21.5 Å². The van der Waals surface area contributed by atoms with Crippen LogP contribution in [0, 0.1) is 6.92 Å². The molecule has 2 rings (SSSR count). The van der Waals surface area contributed by atoms with Crippen molar-refractivity contribution in [2.45, 2.75) is 6.92 Å². The second kappa shape index (κ2) is 2.70. The quantitative estimate of drug-likeness (QED) is 0.633. The topological polar surface area (TPSA) is 17.1 Å². The van der Waals surface area contributed by atoms with E-state index in [1.54, 1.807) is 6.08 Å². The maximum absolute atomic E-state index is 11.6. The molecule has 1 heteroatoms. The number of fused-ring (bicyclic) bond motifs is 1. The van der Waals surface area contributed by atoms with Gasteiger partial charge < -0.3 is 0 Å². The summed E-state index contributed by atoms with van der Waals surface area (Å²) in [5, 5.41) is 0. The smallest absolute Gasteiger partial charge is 0.193 e. The van der Waals surface area contributed by atoms with Crippen LogP contribution in [-0.2, 0) is 0 Å². The van der Waals surface area contributed by atoms with Crippen molar-refractivity contribution in [1.82, 2.24) is 0 Å². The Labute approximate surface area is 77.4 Å². The van der Waals surface area contributed by atoms with Crippen LogP contribution >= 0.6 is 0 Å². The van der Waals surface area contributed by atoms with Crippen LogP contribution in [0.5, 0.6) is 0 Å². The monoisotopic (exact) mass is 170 g/mol. The van der Waals surface area contributed by atoms with E-state index in [9.17, 15) is 4.79 Å². The third-order valence-electron chi connectivity index (χ3n) is 2.25. The molecule has 0 radical (unpaired) electrons. The summed E-state index contributed by atoms with van der Waals surface area (Å²) in [6.45, 7) is 5.60. The van der Waals surface area contributed by atoms with Crippen molar-refractivity contribution in [2.75, 3.05) is 0 Å². The molecule has 0 saturated heterocycles. The number of carbonyl (C=O) groups is 1. The van der Waals surface area contributed by atoms with Crippen LogP contribution in [-0.4, -0.2) is 5.78 Å². The van der Waals surface area contributed by atoms with Gasteiger partial charge in [0.1, 0.15) is 0 Å². The first-order valence-electron chi connectivity index (χ1n) is 4.22. The number of ketones is 1. The number of carbonyl (C=O) groups excluding carboxylic acids is 1. The van der Waals surface area contributed by atoms with E-state index in [1.165, 1.54) is 0 Å². The Bertz CT molecular complexity index is 425. The Morgan fingerprint density at radius 2 is 2.15 bits per heavy atom. The van der Waals surface area contributed by atoms with Crippen molar-refractivity contribution in [3.8, 4) is 0 Å². The van der Waals surface area contributed by atoms with E-state index >= 15 is 0 Å². The molecule has 0 N–H and O–H groups in total. The molecule has 0 heterocycles. The van der Waals surface area contributed by atoms with Gasteiger partial charge in [-0.25, -0.2) is 0 Å². The summed E-state index contributed by atoms with van der Waals surface area (Å²) in [6.07, 6.45) is 3.49. The third kappa shape index (κ3) is 1.13. The van der Waals surface area contributed by atoms with Gasteiger partial charge in [0, 0.05) is 11.1 Å². The van der Waals surface area contributed by atoms with Crippen molar-refractivity contribution < 1.29 is 4.79 Å². The predicted molar refractivity (Wildman–Crippen MR) is 53.7 cm³/mol. The van der Waals surface area contributed by atoms with Gasteiger partial charge in [-0.2, -0.15) is 0 Å². The molecule has 64 valence electrons. The molecule has 1 aliphatic carbocycles. The molecule has 1 nitrogen and oxygen atoms in total. The largest absolute Gasteiger partial charge is 0.289 e. The lowest BCUT2D eigenvalue weighted by Gasteiger charge is -1.97. The van der Waals surface area contributed by atoms with Crippen LogP contribution < -0.4 is 0 Å². The van der Waals surface area contributed by atoms with E-state index in [0.29, 0.717) is 5.57 Å². The van der Waals surface area contributed by atoms with Crippen molar-refractivity contribution >= 4 is 11.9 Å². The molecule has 0 fully saturated rings. The highest BCUT2D eigenvalue weighted by Gasteiger charge is 2.19. The molecule has 13 heavy (non-hydrogen) atoms. The first kappa shape index (κ1) is 7.99. The SMILES string of the molecule is C=CC1=Cc2ccc(C)cc2C1=O. The summed E-state index contributed by atoms with van der Waals surface area (Å²) >= 11 is 0. The third-order valence-corrected chi connectivity index (χ3v) is 2.25. The average Bonchev–Trinajstić information content (AvgIpc) is 2.44. The minimum absolute atomic E-state index is 0.0914. The Morgan fingerprint density at radius 3 is 2.85 bits per heavy atom. The van der Waals surface area contributed by atoms with Gasteiger partial charge in [-0.15, -0.1) is 0 Å². The van der Waals surface area contributed by atoms with Gasteiger partial charge >= 0.3 is 0 Å². The molecule has 0 saturated carbocycles. The average molecular weight is 170 g/mol. The summed E-state index contributed by atoms with van der Waals surface area (Å²) in [7, 11) is 0. The molecule has 0 aromatic heterocycles. The fourth-order valence-electron chi connectivity index (χ4n) is 1.53. The van der Waals surface area contributed by atoms with E-state index in [-0.39, 0.29) is 5.78 Å². The van der Waals surface area contributed by atoms with E-state index in [2.05, 4.69) is 6.58 Å². The molecule has 0 spiro atoms. The first-order valence-corrected chi connectivity index (χ1v) is 4.22. The fourth-order valence-corrected chi connectivity index (χ4v) is 1.53. The van der Waals surface area contributed by atoms with Gasteiger partial charge in [0.25, 0.3) is 0 Å². The number of rotatable bonds is 1. The lowest BCUT2D eigenvalue weighted by molar-refractivity contribution is 0.104. The maximum Gasteiger partial charge on any atom is 0.193 e. The molecule has 1 aliphatic rings. The van der Waals surface area contributed by atoms with Crippen LogP contribution in [0.3, 0.4) is 0 Å². The Kier molecular flexibility index (Phi) is 1.66. The highest BCUT2D eigenvalue weighted by Crippen LogP contribution is 2.26. The molecule has 0 atom stereocenters. The van der Waals surface area contributed by atoms with Gasteiger partial charge in [-0.1, -0.05) is 30.4 Å². The lowest BCUT2D eigenvalue weighted by atomic mass is 10.1. The molecular weight excluding hydrogens is 160 g/mol. The van der Waals surface area contributed by atoms with Crippen LogP contribution in [0.15, 0.2) is 36.4 Å². The van der Waals surface area contributed by atoms with Crippen molar-refractivity contribution in [3.05, 3.63) is 53.1 Å². The molecule has 1 aromatic carbocycles.